The van der Waals surface area contributed by atoms with E-state index in [1.54, 1.807) is 0 Å². The second-order valence-electron chi connectivity index (χ2n) is 10.2. The number of rotatable bonds is 5. The molecule has 39 heavy (non-hydrogen) atoms. The maximum absolute atomic E-state index is 2.74. The Morgan fingerprint density at radius 3 is 1.59 bits per heavy atom. The van der Waals surface area contributed by atoms with Crippen LogP contribution in [0.3, 0.4) is 0 Å². The molecular formula is C37H29NSi. The van der Waals surface area contributed by atoms with Gasteiger partial charge in [-0.25, -0.2) is 0 Å². The van der Waals surface area contributed by atoms with Gasteiger partial charge in [-0.15, -0.1) is 0 Å². The summed E-state index contributed by atoms with van der Waals surface area (Å²) >= 11 is 0. The van der Waals surface area contributed by atoms with Gasteiger partial charge in [-0.05, 0) is 45.9 Å². The molecule has 0 bridgehead atoms. The van der Waals surface area contributed by atoms with Gasteiger partial charge in [-0.2, -0.15) is 0 Å². The van der Waals surface area contributed by atoms with Gasteiger partial charge in [0.25, 0.3) is 0 Å². The molecule has 0 N–H and O–H groups in total. The standard InChI is InChI=1S/C37H29NSi/c1-28-24-26-32(27-25-28)39(30-16-7-3-8-17-30,31-18-9-4-10-19-31)36-23-13-21-34-33-20-11-12-22-35(33)38(37(34)36)29-14-5-2-6-15-29/h2-27H,1H3. The summed E-state index contributed by atoms with van der Waals surface area (Å²) in [4.78, 5) is 0. The topological polar surface area (TPSA) is 4.93 Å². The summed E-state index contributed by atoms with van der Waals surface area (Å²) in [5, 5.41) is 8.15. The molecule has 1 nitrogen and oxygen atoms in total. The van der Waals surface area contributed by atoms with Crippen molar-refractivity contribution in [3.8, 4) is 5.69 Å². The van der Waals surface area contributed by atoms with Gasteiger partial charge in [-0.3, -0.25) is 0 Å². The van der Waals surface area contributed by atoms with Crippen LogP contribution in [0.15, 0.2) is 158 Å². The molecule has 186 valence electrons. The highest BCUT2D eigenvalue weighted by molar-refractivity contribution is 7.20. The van der Waals surface area contributed by atoms with Crippen LogP contribution in [0.1, 0.15) is 5.56 Å². The van der Waals surface area contributed by atoms with E-state index in [9.17, 15) is 0 Å². The van der Waals surface area contributed by atoms with Gasteiger partial charge >= 0.3 is 0 Å². The van der Waals surface area contributed by atoms with Crippen molar-refractivity contribution in [2.24, 2.45) is 0 Å². The van der Waals surface area contributed by atoms with Gasteiger partial charge in [-0.1, -0.05) is 145 Å². The number of hydrogen-bond acceptors (Lipinski definition) is 0. The number of fused-ring (bicyclic) bond motifs is 3. The van der Waals surface area contributed by atoms with Crippen LogP contribution in [0.4, 0.5) is 0 Å². The van der Waals surface area contributed by atoms with Crippen LogP contribution in [-0.2, 0) is 0 Å². The molecule has 1 heterocycles. The fraction of sp³-hybridized carbons (Fsp3) is 0.0270. The predicted octanol–water partition coefficient (Wildman–Crippen LogP) is 6.47. The molecule has 7 aromatic rings. The lowest BCUT2D eigenvalue weighted by atomic mass is 10.1. The lowest BCUT2D eigenvalue weighted by molar-refractivity contribution is 1.18. The number of hydrogen-bond donors (Lipinski definition) is 0. The Morgan fingerprint density at radius 2 is 0.949 bits per heavy atom. The highest BCUT2D eigenvalue weighted by Gasteiger charge is 2.43. The van der Waals surface area contributed by atoms with E-state index in [-0.39, 0.29) is 0 Å². The van der Waals surface area contributed by atoms with Crippen LogP contribution >= 0.6 is 0 Å². The zero-order valence-corrected chi connectivity index (χ0v) is 23.0. The SMILES string of the molecule is Cc1ccc([Si](c2ccccc2)(c2ccccc2)c2cccc3c4ccccc4n(-c4ccccc4)c23)cc1. The van der Waals surface area contributed by atoms with Gasteiger partial charge in [0.2, 0.25) is 0 Å². The quantitative estimate of drug-likeness (QED) is 0.183. The predicted molar refractivity (Wildman–Crippen MR) is 169 cm³/mol. The minimum atomic E-state index is -2.74. The third-order valence-electron chi connectivity index (χ3n) is 8.01. The average molecular weight is 516 g/mol. The number of para-hydroxylation sites is 3. The van der Waals surface area contributed by atoms with E-state index in [1.807, 2.05) is 0 Å². The van der Waals surface area contributed by atoms with Crippen LogP contribution in [0.2, 0.25) is 0 Å². The molecule has 0 aliphatic heterocycles. The van der Waals surface area contributed by atoms with Crippen LogP contribution < -0.4 is 20.7 Å². The largest absolute Gasteiger partial charge is 0.309 e. The molecule has 0 radical (unpaired) electrons. The summed E-state index contributed by atoms with van der Waals surface area (Å²) in [6.07, 6.45) is 0. The van der Waals surface area contributed by atoms with E-state index in [2.05, 4.69) is 169 Å². The molecule has 0 unspecified atom stereocenters. The van der Waals surface area contributed by atoms with Crippen molar-refractivity contribution in [2.75, 3.05) is 0 Å². The summed E-state index contributed by atoms with van der Waals surface area (Å²) < 4.78 is 2.49. The zero-order valence-electron chi connectivity index (χ0n) is 22.0. The number of aryl methyl sites for hydroxylation is 1. The Bertz CT molecular complexity index is 1850. The normalized spacial score (nSPS) is 11.7. The van der Waals surface area contributed by atoms with E-state index in [4.69, 9.17) is 0 Å². The monoisotopic (exact) mass is 515 g/mol. The van der Waals surface area contributed by atoms with E-state index in [0.717, 1.165) is 0 Å². The van der Waals surface area contributed by atoms with Crippen LogP contribution in [0.5, 0.6) is 0 Å². The third-order valence-corrected chi connectivity index (χ3v) is 12.8. The number of aromatic nitrogens is 1. The molecule has 7 rings (SSSR count). The van der Waals surface area contributed by atoms with Crippen molar-refractivity contribution in [1.29, 1.82) is 0 Å². The Kier molecular flexibility index (Phi) is 5.76. The van der Waals surface area contributed by atoms with E-state index >= 15 is 0 Å². The minimum absolute atomic E-state index is 1.18. The molecule has 0 aliphatic rings. The van der Waals surface area contributed by atoms with E-state index in [1.165, 1.54) is 53.8 Å². The van der Waals surface area contributed by atoms with Crippen molar-refractivity contribution in [1.82, 2.24) is 4.57 Å². The van der Waals surface area contributed by atoms with Crippen LogP contribution in [0, 0.1) is 6.92 Å². The zero-order chi connectivity index (χ0) is 26.2. The molecule has 0 aliphatic carbocycles. The smallest absolute Gasteiger partial charge is 0.181 e. The lowest BCUT2D eigenvalue weighted by Crippen LogP contribution is -2.75. The summed E-state index contributed by atoms with van der Waals surface area (Å²) in [6, 6.07) is 58.3. The molecule has 1 aromatic heterocycles. The highest BCUT2D eigenvalue weighted by atomic mass is 28.3. The summed E-state index contributed by atoms with van der Waals surface area (Å²) in [6.45, 7) is 2.17. The summed E-state index contributed by atoms with van der Waals surface area (Å²) in [5.74, 6) is 0. The molecule has 0 spiro atoms. The maximum atomic E-state index is 2.49. The van der Waals surface area contributed by atoms with Crippen molar-refractivity contribution in [3.63, 3.8) is 0 Å². The second kappa shape index (κ2) is 9.58. The Labute approximate surface area is 230 Å². The molecular weight excluding hydrogens is 487 g/mol. The summed E-state index contributed by atoms with van der Waals surface area (Å²) in [5.41, 5.74) is 4.99. The first-order chi connectivity index (χ1) is 19.3. The van der Waals surface area contributed by atoms with Crippen molar-refractivity contribution >= 4 is 50.6 Å². The molecule has 0 fully saturated rings. The first-order valence-electron chi connectivity index (χ1n) is 13.5. The van der Waals surface area contributed by atoms with Gasteiger partial charge in [0, 0.05) is 16.5 Å². The Balaban J connectivity index is 1.73. The highest BCUT2D eigenvalue weighted by Crippen LogP contribution is 2.32. The maximum Gasteiger partial charge on any atom is 0.181 e. The first-order valence-corrected chi connectivity index (χ1v) is 15.5. The van der Waals surface area contributed by atoms with Gasteiger partial charge < -0.3 is 4.57 Å². The Morgan fingerprint density at radius 1 is 0.436 bits per heavy atom. The molecule has 6 aromatic carbocycles. The van der Waals surface area contributed by atoms with Crippen LogP contribution in [-0.4, -0.2) is 12.6 Å². The fourth-order valence-electron chi connectivity index (χ4n) is 6.31. The number of nitrogens with zero attached hydrogens (tertiary/aromatic N) is 1. The first kappa shape index (κ1) is 23.5. The third kappa shape index (κ3) is 3.68. The molecule has 0 amide bonds. The lowest BCUT2D eigenvalue weighted by Gasteiger charge is -2.35. The summed E-state index contributed by atoms with van der Waals surface area (Å²) in [7, 11) is -2.74. The van der Waals surface area contributed by atoms with Crippen molar-refractivity contribution in [3.05, 3.63) is 163 Å². The molecule has 2 heteroatoms. The molecule has 0 saturated carbocycles. The van der Waals surface area contributed by atoms with E-state index in [0.29, 0.717) is 0 Å². The fourth-order valence-corrected chi connectivity index (χ4v) is 11.2. The molecule has 0 atom stereocenters. The van der Waals surface area contributed by atoms with Crippen molar-refractivity contribution in [2.45, 2.75) is 6.92 Å². The second-order valence-corrected chi connectivity index (χ2v) is 14.0. The van der Waals surface area contributed by atoms with Crippen molar-refractivity contribution < 1.29 is 0 Å². The number of benzene rings is 6. The minimum Gasteiger partial charge on any atom is -0.309 e. The van der Waals surface area contributed by atoms with Gasteiger partial charge in [0.1, 0.15) is 0 Å². The van der Waals surface area contributed by atoms with E-state index < -0.39 is 8.07 Å². The van der Waals surface area contributed by atoms with Crippen LogP contribution in [0.25, 0.3) is 27.5 Å². The molecule has 0 saturated heterocycles. The average Bonchev–Trinajstić information content (AvgIpc) is 3.35. The van der Waals surface area contributed by atoms with Gasteiger partial charge in [0.15, 0.2) is 8.07 Å². The Hall–Kier alpha value is -4.66. The van der Waals surface area contributed by atoms with Gasteiger partial charge in [0.05, 0.1) is 11.0 Å².